The quantitative estimate of drug-likeness (QED) is 0.865. The highest BCUT2D eigenvalue weighted by molar-refractivity contribution is 5.90. The summed E-state index contributed by atoms with van der Waals surface area (Å²) in [5.74, 6) is 0.997. The van der Waals surface area contributed by atoms with Crippen LogP contribution < -0.4 is 5.32 Å². The molecule has 1 aromatic carbocycles. The summed E-state index contributed by atoms with van der Waals surface area (Å²) in [5.41, 5.74) is 1.64. The normalized spacial score (nSPS) is 18.0. The lowest BCUT2D eigenvalue weighted by Crippen LogP contribution is -2.46. The Morgan fingerprint density at radius 3 is 2.28 bits per heavy atom. The maximum absolute atomic E-state index is 12.7. The molecule has 0 atom stereocenters. The number of hydrogen-bond donors (Lipinski definition) is 1. The van der Waals surface area contributed by atoms with Gasteiger partial charge in [-0.15, -0.1) is 0 Å². The SMILES string of the molecule is Cn1cnc(-c2ccc(NC(=O)N3CCC(C(=O)N4CCCCC4)CC3)cc2)n1. The van der Waals surface area contributed by atoms with Gasteiger partial charge in [0.1, 0.15) is 6.33 Å². The summed E-state index contributed by atoms with van der Waals surface area (Å²) in [5, 5.41) is 7.23. The minimum absolute atomic E-state index is 0.0577. The molecule has 2 aliphatic heterocycles. The highest BCUT2D eigenvalue weighted by Crippen LogP contribution is 2.23. The second kappa shape index (κ2) is 8.63. The van der Waals surface area contributed by atoms with Gasteiger partial charge >= 0.3 is 6.03 Å². The Morgan fingerprint density at radius 1 is 0.966 bits per heavy atom. The largest absolute Gasteiger partial charge is 0.342 e. The molecule has 2 fully saturated rings. The predicted octanol–water partition coefficient (Wildman–Crippen LogP) is 2.74. The summed E-state index contributed by atoms with van der Waals surface area (Å²) in [7, 11) is 1.83. The van der Waals surface area contributed by atoms with E-state index in [1.165, 1.54) is 6.42 Å². The molecule has 4 rings (SSSR count). The molecule has 8 heteroatoms. The molecule has 0 spiro atoms. The summed E-state index contributed by atoms with van der Waals surface area (Å²) in [6.45, 7) is 3.02. The van der Waals surface area contributed by atoms with Crippen molar-refractivity contribution in [2.75, 3.05) is 31.5 Å². The van der Waals surface area contributed by atoms with Gasteiger partial charge in [-0.2, -0.15) is 5.10 Å². The molecule has 0 radical (unpaired) electrons. The monoisotopic (exact) mass is 396 g/mol. The second-order valence-corrected chi connectivity index (χ2v) is 7.90. The van der Waals surface area contributed by atoms with Crippen molar-refractivity contribution in [3.05, 3.63) is 30.6 Å². The van der Waals surface area contributed by atoms with Crippen LogP contribution in [0.15, 0.2) is 30.6 Å². The van der Waals surface area contributed by atoms with Gasteiger partial charge < -0.3 is 15.1 Å². The van der Waals surface area contributed by atoms with Crippen molar-refractivity contribution in [2.24, 2.45) is 13.0 Å². The lowest BCUT2D eigenvalue weighted by atomic mass is 9.94. The molecule has 1 aromatic heterocycles. The smallest absolute Gasteiger partial charge is 0.321 e. The summed E-state index contributed by atoms with van der Waals surface area (Å²) in [6, 6.07) is 7.40. The summed E-state index contributed by atoms with van der Waals surface area (Å²) >= 11 is 0. The third-order valence-electron chi connectivity index (χ3n) is 5.79. The van der Waals surface area contributed by atoms with Crippen LogP contribution in [0.25, 0.3) is 11.4 Å². The van der Waals surface area contributed by atoms with E-state index in [1.807, 2.05) is 36.2 Å². The molecule has 2 aliphatic rings. The van der Waals surface area contributed by atoms with Crippen molar-refractivity contribution in [2.45, 2.75) is 32.1 Å². The van der Waals surface area contributed by atoms with Crippen molar-refractivity contribution >= 4 is 17.6 Å². The molecule has 0 bridgehead atoms. The van der Waals surface area contributed by atoms with E-state index in [1.54, 1.807) is 15.9 Å². The minimum atomic E-state index is -0.113. The molecular weight excluding hydrogens is 368 g/mol. The number of benzene rings is 1. The van der Waals surface area contributed by atoms with E-state index in [-0.39, 0.29) is 17.9 Å². The second-order valence-electron chi connectivity index (χ2n) is 7.90. The number of likely N-dealkylation sites (tertiary alicyclic amines) is 2. The van der Waals surface area contributed by atoms with Crippen LogP contribution in [0.3, 0.4) is 0 Å². The molecule has 2 saturated heterocycles. The maximum atomic E-state index is 12.7. The van der Waals surface area contributed by atoms with Gasteiger partial charge in [0.25, 0.3) is 0 Å². The average molecular weight is 396 g/mol. The zero-order chi connectivity index (χ0) is 20.2. The zero-order valence-electron chi connectivity index (χ0n) is 16.9. The molecule has 0 aliphatic carbocycles. The number of aromatic nitrogens is 3. The first-order valence-corrected chi connectivity index (χ1v) is 10.4. The first-order valence-electron chi connectivity index (χ1n) is 10.4. The Bertz CT molecular complexity index is 848. The Labute approximate surface area is 170 Å². The first kappa shape index (κ1) is 19.4. The van der Waals surface area contributed by atoms with Crippen molar-refractivity contribution in [1.29, 1.82) is 0 Å². The molecule has 2 aromatic rings. The Balaban J connectivity index is 1.28. The number of nitrogens with zero attached hydrogens (tertiary/aromatic N) is 5. The first-order chi connectivity index (χ1) is 14.1. The van der Waals surface area contributed by atoms with Gasteiger partial charge in [0, 0.05) is 50.4 Å². The van der Waals surface area contributed by atoms with Crippen LogP contribution in [0.2, 0.25) is 0 Å². The third-order valence-corrected chi connectivity index (χ3v) is 5.79. The summed E-state index contributed by atoms with van der Waals surface area (Å²) in [6.07, 6.45) is 6.59. The van der Waals surface area contributed by atoms with E-state index < -0.39 is 0 Å². The van der Waals surface area contributed by atoms with Gasteiger partial charge in [-0.25, -0.2) is 9.78 Å². The van der Waals surface area contributed by atoms with Crippen LogP contribution in [-0.2, 0) is 11.8 Å². The number of hydrogen-bond acceptors (Lipinski definition) is 4. The van der Waals surface area contributed by atoms with Gasteiger partial charge in [0.2, 0.25) is 5.91 Å². The van der Waals surface area contributed by atoms with E-state index in [0.717, 1.165) is 50.0 Å². The van der Waals surface area contributed by atoms with Gasteiger partial charge in [-0.1, -0.05) is 0 Å². The highest BCUT2D eigenvalue weighted by Gasteiger charge is 2.30. The van der Waals surface area contributed by atoms with Crippen molar-refractivity contribution in [1.82, 2.24) is 24.6 Å². The minimum Gasteiger partial charge on any atom is -0.342 e. The van der Waals surface area contributed by atoms with Crippen molar-refractivity contribution in [3.63, 3.8) is 0 Å². The number of nitrogens with one attached hydrogen (secondary N) is 1. The lowest BCUT2D eigenvalue weighted by molar-refractivity contribution is -0.137. The highest BCUT2D eigenvalue weighted by atomic mass is 16.2. The molecule has 1 N–H and O–H groups in total. The van der Waals surface area contributed by atoms with Crippen LogP contribution in [-0.4, -0.2) is 62.7 Å². The average Bonchev–Trinajstić information content (AvgIpc) is 3.21. The van der Waals surface area contributed by atoms with Gasteiger partial charge in [0.05, 0.1) is 0 Å². The van der Waals surface area contributed by atoms with E-state index in [9.17, 15) is 9.59 Å². The summed E-state index contributed by atoms with van der Waals surface area (Å²) < 4.78 is 1.66. The van der Waals surface area contributed by atoms with Gasteiger partial charge in [-0.05, 0) is 56.4 Å². The van der Waals surface area contributed by atoms with Crippen molar-refractivity contribution < 1.29 is 9.59 Å². The van der Waals surface area contributed by atoms with Crippen LogP contribution in [0.5, 0.6) is 0 Å². The fourth-order valence-electron chi connectivity index (χ4n) is 4.08. The fraction of sp³-hybridized carbons (Fsp3) is 0.524. The van der Waals surface area contributed by atoms with Crippen LogP contribution >= 0.6 is 0 Å². The Kier molecular flexibility index (Phi) is 5.78. The molecule has 29 heavy (non-hydrogen) atoms. The third kappa shape index (κ3) is 4.58. The number of urea groups is 1. The van der Waals surface area contributed by atoms with Crippen LogP contribution in [0.1, 0.15) is 32.1 Å². The molecule has 0 saturated carbocycles. The Morgan fingerprint density at radius 2 is 1.66 bits per heavy atom. The molecule has 3 amide bonds. The van der Waals surface area contributed by atoms with Gasteiger partial charge in [0.15, 0.2) is 5.82 Å². The van der Waals surface area contributed by atoms with Crippen molar-refractivity contribution in [3.8, 4) is 11.4 Å². The number of rotatable bonds is 3. The fourth-order valence-corrected chi connectivity index (χ4v) is 4.08. The lowest BCUT2D eigenvalue weighted by Gasteiger charge is -2.35. The van der Waals surface area contributed by atoms with E-state index >= 15 is 0 Å². The van der Waals surface area contributed by atoms with E-state index in [2.05, 4.69) is 15.4 Å². The summed E-state index contributed by atoms with van der Waals surface area (Å²) in [4.78, 5) is 33.3. The molecule has 3 heterocycles. The number of carbonyl (C=O) groups is 2. The van der Waals surface area contributed by atoms with E-state index in [0.29, 0.717) is 18.9 Å². The standard InChI is InChI=1S/C21H28N6O2/c1-25-15-22-19(24-25)16-5-7-18(8-6-16)23-21(29)27-13-9-17(10-14-27)20(28)26-11-3-2-4-12-26/h5-8,15,17H,2-4,9-14H2,1H3,(H,23,29). The molecule has 154 valence electrons. The number of piperidine rings is 2. The number of amides is 3. The Hall–Kier alpha value is -2.90. The number of carbonyl (C=O) groups excluding carboxylic acids is 2. The van der Waals surface area contributed by atoms with Crippen LogP contribution in [0, 0.1) is 5.92 Å². The predicted molar refractivity (Wildman–Crippen MR) is 110 cm³/mol. The number of aryl methyl sites for hydroxylation is 1. The van der Waals surface area contributed by atoms with Crippen LogP contribution in [0.4, 0.5) is 10.5 Å². The molecule has 0 unspecified atom stereocenters. The van der Waals surface area contributed by atoms with Gasteiger partial charge in [-0.3, -0.25) is 9.48 Å². The topological polar surface area (TPSA) is 83.4 Å². The van der Waals surface area contributed by atoms with E-state index in [4.69, 9.17) is 0 Å². The molecular formula is C21H28N6O2. The zero-order valence-corrected chi connectivity index (χ0v) is 16.9. The maximum Gasteiger partial charge on any atom is 0.321 e. The number of anilines is 1. The molecule has 8 nitrogen and oxygen atoms in total.